The smallest absolute Gasteiger partial charge is 0.152 e. The van der Waals surface area contributed by atoms with E-state index in [0.29, 0.717) is 0 Å². The van der Waals surface area contributed by atoms with Crippen LogP contribution in [0.2, 0.25) is 0 Å². The van der Waals surface area contributed by atoms with Crippen molar-refractivity contribution in [3.05, 3.63) is 11.6 Å². The molecule has 0 aromatic rings. The van der Waals surface area contributed by atoms with E-state index in [1.807, 2.05) is 11.6 Å². The van der Waals surface area contributed by atoms with Crippen molar-refractivity contribution in [1.29, 1.82) is 0 Å². The molecule has 0 fully saturated rings. The monoisotopic (exact) mass is 121 g/mol. The highest BCUT2D eigenvalue weighted by atomic mass is 35.5. The molecule has 0 aromatic heterocycles. The zero-order chi connectivity index (χ0) is 4.41. The van der Waals surface area contributed by atoms with Crippen LogP contribution >= 0.6 is 23.4 Å². The number of hydrogen-bond acceptors (Lipinski definition) is 2. The van der Waals surface area contributed by atoms with Gasteiger partial charge >= 0.3 is 0 Å². The molecule has 0 aliphatic carbocycles. The molecule has 0 spiro atoms. The summed E-state index contributed by atoms with van der Waals surface area (Å²) in [5.41, 5.74) is 0. The summed E-state index contributed by atoms with van der Waals surface area (Å²) >= 11 is 7.07. The SMILES string of the molecule is ClC1NC=CS1. The van der Waals surface area contributed by atoms with E-state index in [1.54, 1.807) is 11.8 Å². The molecular formula is C3H4ClNS. The Balaban J connectivity index is 2.32. The van der Waals surface area contributed by atoms with Crippen LogP contribution in [0.4, 0.5) is 0 Å². The first-order valence-electron chi connectivity index (χ1n) is 1.60. The summed E-state index contributed by atoms with van der Waals surface area (Å²) in [7, 11) is 0. The van der Waals surface area contributed by atoms with Gasteiger partial charge in [-0.15, -0.1) is 0 Å². The lowest BCUT2D eigenvalue weighted by molar-refractivity contribution is 1.02. The predicted octanol–water partition coefficient (Wildman–Crippen LogP) is 1.32. The van der Waals surface area contributed by atoms with Crippen LogP contribution in [0.15, 0.2) is 11.6 Å². The molecule has 1 N–H and O–H groups in total. The molecule has 0 saturated carbocycles. The van der Waals surface area contributed by atoms with Gasteiger partial charge in [-0.3, -0.25) is 0 Å². The number of alkyl halides is 1. The fourth-order valence-corrected chi connectivity index (χ4v) is 0.966. The predicted molar refractivity (Wildman–Crippen MR) is 29.5 cm³/mol. The maximum Gasteiger partial charge on any atom is 0.152 e. The zero-order valence-electron chi connectivity index (χ0n) is 3.02. The van der Waals surface area contributed by atoms with E-state index in [1.165, 1.54) is 0 Å². The maximum atomic E-state index is 5.50. The summed E-state index contributed by atoms with van der Waals surface area (Å²) in [5, 5.41) is 4.80. The van der Waals surface area contributed by atoms with Crippen molar-refractivity contribution in [2.45, 2.75) is 4.83 Å². The molecule has 0 aromatic carbocycles. The first-order chi connectivity index (χ1) is 2.89. The van der Waals surface area contributed by atoms with Gasteiger partial charge in [0.15, 0.2) is 4.83 Å². The topological polar surface area (TPSA) is 12.0 Å². The van der Waals surface area contributed by atoms with E-state index in [9.17, 15) is 0 Å². The molecule has 1 heterocycles. The third kappa shape index (κ3) is 0.820. The summed E-state index contributed by atoms with van der Waals surface area (Å²) in [5.74, 6) is 0. The molecule has 0 saturated heterocycles. The lowest BCUT2D eigenvalue weighted by Gasteiger charge is -1.93. The van der Waals surface area contributed by atoms with Crippen LogP contribution < -0.4 is 5.32 Å². The maximum absolute atomic E-state index is 5.50. The molecular weight excluding hydrogens is 118 g/mol. The Morgan fingerprint density at radius 1 is 1.83 bits per heavy atom. The van der Waals surface area contributed by atoms with Gasteiger partial charge in [0.05, 0.1) is 0 Å². The van der Waals surface area contributed by atoms with Gasteiger partial charge in [-0.1, -0.05) is 23.4 Å². The van der Waals surface area contributed by atoms with Crippen molar-refractivity contribution in [2.24, 2.45) is 0 Å². The molecule has 6 heavy (non-hydrogen) atoms. The number of hydrogen-bond donors (Lipinski definition) is 1. The Labute approximate surface area is 45.7 Å². The molecule has 1 aliphatic heterocycles. The van der Waals surface area contributed by atoms with Crippen molar-refractivity contribution in [3.63, 3.8) is 0 Å². The van der Waals surface area contributed by atoms with Crippen LogP contribution in [-0.2, 0) is 0 Å². The summed E-state index contributed by atoms with van der Waals surface area (Å²) in [6, 6.07) is 0. The van der Waals surface area contributed by atoms with E-state index >= 15 is 0 Å². The number of nitrogens with one attached hydrogen (secondary N) is 1. The molecule has 1 unspecified atom stereocenters. The Bertz CT molecular complexity index is 65.2. The van der Waals surface area contributed by atoms with Gasteiger partial charge in [-0.25, -0.2) is 0 Å². The van der Waals surface area contributed by atoms with Crippen molar-refractivity contribution >= 4 is 23.4 Å². The lowest BCUT2D eigenvalue weighted by atomic mass is 11.0. The van der Waals surface area contributed by atoms with E-state index in [4.69, 9.17) is 11.6 Å². The summed E-state index contributed by atoms with van der Waals surface area (Å²) in [6.07, 6.45) is 1.84. The highest BCUT2D eigenvalue weighted by Gasteiger charge is 2.01. The van der Waals surface area contributed by atoms with Crippen molar-refractivity contribution < 1.29 is 0 Å². The number of rotatable bonds is 0. The molecule has 3 heteroatoms. The van der Waals surface area contributed by atoms with Gasteiger partial charge in [0, 0.05) is 6.20 Å². The van der Waals surface area contributed by atoms with Gasteiger partial charge in [0.2, 0.25) is 0 Å². The minimum Gasteiger partial charge on any atom is -0.366 e. The summed E-state index contributed by atoms with van der Waals surface area (Å²) in [6.45, 7) is 0. The largest absolute Gasteiger partial charge is 0.366 e. The average molecular weight is 122 g/mol. The molecule has 1 nitrogen and oxygen atoms in total. The van der Waals surface area contributed by atoms with Gasteiger partial charge < -0.3 is 5.32 Å². The fourth-order valence-electron chi connectivity index (χ4n) is 0.262. The zero-order valence-corrected chi connectivity index (χ0v) is 4.59. The van der Waals surface area contributed by atoms with Gasteiger partial charge in [0.25, 0.3) is 0 Å². The lowest BCUT2D eigenvalue weighted by Crippen LogP contribution is -2.06. The third-order valence-corrected chi connectivity index (χ3v) is 1.60. The van der Waals surface area contributed by atoms with Crippen LogP contribution in [0.3, 0.4) is 0 Å². The standard InChI is InChI=1S/C3H4ClNS/c4-3-5-1-2-6-3/h1-3,5H. The van der Waals surface area contributed by atoms with Gasteiger partial charge in [-0.2, -0.15) is 0 Å². The van der Waals surface area contributed by atoms with E-state index in [-0.39, 0.29) is 4.83 Å². The van der Waals surface area contributed by atoms with Gasteiger partial charge in [-0.05, 0) is 5.41 Å². The fraction of sp³-hybridized carbons (Fsp3) is 0.333. The average Bonchev–Trinajstić information content (AvgIpc) is 1.86. The highest BCUT2D eigenvalue weighted by molar-refractivity contribution is 8.04. The Morgan fingerprint density at radius 2 is 2.67 bits per heavy atom. The minimum atomic E-state index is 0.0741. The van der Waals surface area contributed by atoms with Crippen LogP contribution in [0, 0.1) is 0 Å². The molecule has 1 aliphatic rings. The Hall–Kier alpha value is 0.180. The van der Waals surface area contributed by atoms with Crippen LogP contribution in [0.1, 0.15) is 0 Å². The highest BCUT2D eigenvalue weighted by Crippen LogP contribution is 2.17. The Morgan fingerprint density at radius 3 is 2.83 bits per heavy atom. The molecule has 0 bridgehead atoms. The molecule has 1 atom stereocenters. The van der Waals surface area contributed by atoms with Crippen molar-refractivity contribution in [3.8, 4) is 0 Å². The molecule has 0 amide bonds. The summed E-state index contributed by atoms with van der Waals surface area (Å²) in [4.78, 5) is 0.0741. The van der Waals surface area contributed by atoms with Crippen LogP contribution in [-0.4, -0.2) is 4.83 Å². The molecule has 0 radical (unpaired) electrons. The molecule has 1 rings (SSSR count). The second-order valence-corrected chi connectivity index (χ2v) is 2.63. The quantitative estimate of drug-likeness (QED) is 0.383. The number of thioether (sulfide) groups is 1. The minimum absolute atomic E-state index is 0.0741. The third-order valence-electron chi connectivity index (χ3n) is 0.493. The van der Waals surface area contributed by atoms with Crippen molar-refractivity contribution in [1.82, 2.24) is 5.32 Å². The number of halogens is 1. The van der Waals surface area contributed by atoms with E-state index < -0.39 is 0 Å². The second-order valence-electron chi connectivity index (χ2n) is 0.922. The summed E-state index contributed by atoms with van der Waals surface area (Å²) < 4.78 is 0. The van der Waals surface area contributed by atoms with E-state index in [2.05, 4.69) is 5.32 Å². The first kappa shape index (κ1) is 4.34. The normalized spacial score (nSPS) is 30.5. The van der Waals surface area contributed by atoms with E-state index in [0.717, 1.165) is 0 Å². The van der Waals surface area contributed by atoms with Crippen molar-refractivity contribution in [2.75, 3.05) is 0 Å². The first-order valence-corrected chi connectivity index (χ1v) is 2.98. The Kier molecular flexibility index (Phi) is 1.27. The second kappa shape index (κ2) is 1.76. The molecule has 34 valence electrons. The van der Waals surface area contributed by atoms with Crippen LogP contribution in [0.25, 0.3) is 0 Å². The van der Waals surface area contributed by atoms with Crippen LogP contribution in [0.5, 0.6) is 0 Å². The van der Waals surface area contributed by atoms with Gasteiger partial charge in [0.1, 0.15) is 0 Å².